The SMILES string of the molecule is O=C(Nc1ccccc1Cl)c1ccc(-c2cccs2)cc1. The van der Waals surface area contributed by atoms with Crippen LogP contribution >= 0.6 is 22.9 Å². The molecule has 1 aromatic heterocycles. The molecule has 1 N–H and O–H groups in total. The third-order valence-electron chi connectivity index (χ3n) is 3.07. The molecular formula is C17H12ClNOS. The van der Waals surface area contributed by atoms with Crippen LogP contribution in [-0.4, -0.2) is 5.91 Å². The first-order chi connectivity index (χ1) is 10.2. The number of halogens is 1. The fourth-order valence-electron chi connectivity index (χ4n) is 1.99. The highest BCUT2D eigenvalue weighted by Crippen LogP contribution is 2.25. The highest BCUT2D eigenvalue weighted by atomic mass is 35.5. The molecule has 0 unspecified atom stereocenters. The molecule has 0 bridgehead atoms. The molecule has 0 aliphatic rings. The number of thiophene rings is 1. The van der Waals surface area contributed by atoms with Crippen LogP contribution < -0.4 is 5.32 Å². The lowest BCUT2D eigenvalue weighted by atomic mass is 10.1. The highest BCUT2D eigenvalue weighted by Gasteiger charge is 2.08. The Labute approximate surface area is 132 Å². The summed E-state index contributed by atoms with van der Waals surface area (Å²) in [5, 5.41) is 5.38. The van der Waals surface area contributed by atoms with Gasteiger partial charge in [0.25, 0.3) is 5.91 Å². The van der Waals surface area contributed by atoms with Crippen LogP contribution in [0.1, 0.15) is 10.4 Å². The molecule has 0 aliphatic heterocycles. The molecule has 3 aromatic rings. The maximum atomic E-state index is 12.2. The van der Waals surface area contributed by atoms with Gasteiger partial charge in [-0.1, -0.05) is 41.9 Å². The van der Waals surface area contributed by atoms with E-state index in [0.29, 0.717) is 16.3 Å². The Kier molecular flexibility index (Phi) is 4.04. The van der Waals surface area contributed by atoms with Crippen molar-refractivity contribution in [3.8, 4) is 10.4 Å². The number of carbonyl (C=O) groups is 1. The van der Waals surface area contributed by atoms with E-state index in [1.54, 1.807) is 23.5 Å². The largest absolute Gasteiger partial charge is 0.321 e. The van der Waals surface area contributed by atoms with Crippen molar-refractivity contribution in [1.29, 1.82) is 0 Å². The minimum atomic E-state index is -0.166. The van der Waals surface area contributed by atoms with E-state index in [4.69, 9.17) is 11.6 Å². The van der Waals surface area contributed by atoms with Gasteiger partial charge in [0.05, 0.1) is 10.7 Å². The summed E-state index contributed by atoms with van der Waals surface area (Å²) in [5.74, 6) is -0.166. The van der Waals surface area contributed by atoms with Gasteiger partial charge in [0.1, 0.15) is 0 Å². The van der Waals surface area contributed by atoms with Crippen LogP contribution in [0.4, 0.5) is 5.69 Å². The van der Waals surface area contributed by atoms with Gasteiger partial charge in [-0.05, 0) is 41.3 Å². The highest BCUT2D eigenvalue weighted by molar-refractivity contribution is 7.13. The third kappa shape index (κ3) is 3.15. The summed E-state index contributed by atoms with van der Waals surface area (Å²) in [6.07, 6.45) is 0. The van der Waals surface area contributed by atoms with E-state index in [-0.39, 0.29) is 5.91 Å². The average molecular weight is 314 g/mol. The second-order valence-corrected chi connectivity index (χ2v) is 5.84. The van der Waals surface area contributed by atoms with E-state index in [0.717, 1.165) is 5.56 Å². The number of nitrogens with one attached hydrogen (secondary N) is 1. The second kappa shape index (κ2) is 6.12. The average Bonchev–Trinajstić information content (AvgIpc) is 3.04. The van der Waals surface area contributed by atoms with Crippen molar-refractivity contribution in [3.05, 3.63) is 76.6 Å². The molecule has 0 atom stereocenters. The lowest BCUT2D eigenvalue weighted by molar-refractivity contribution is 0.102. The number of rotatable bonds is 3. The fourth-order valence-corrected chi connectivity index (χ4v) is 2.90. The van der Waals surface area contributed by atoms with E-state index in [9.17, 15) is 4.79 Å². The van der Waals surface area contributed by atoms with Gasteiger partial charge < -0.3 is 5.32 Å². The summed E-state index contributed by atoms with van der Waals surface area (Å²) < 4.78 is 0. The summed E-state index contributed by atoms with van der Waals surface area (Å²) in [4.78, 5) is 13.4. The zero-order chi connectivity index (χ0) is 14.7. The molecule has 1 heterocycles. The first-order valence-electron chi connectivity index (χ1n) is 6.44. The van der Waals surface area contributed by atoms with Gasteiger partial charge in [-0.3, -0.25) is 4.79 Å². The Morgan fingerprint density at radius 3 is 2.38 bits per heavy atom. The van der Waals surface area contributed by atoms with Crippen LogP contribution in [0.3, 0.4) is 0 Å². The molecule has 104 valence electrons. The van der Waals surface area contributed by atoms with Gasteiger partial charge in [-0.15, -0.1) is 11.3 Å². The number of amides is 1. The lowest BCUT2D eigenvalue weighted by Crippen LogP contribution is -2.11. The van der Waals surface area contributed by atoms with Crippen molar-refractivity contribution >= 4 is 34.5 Å². The quantitative estimate of drug-likeness (QED) is 0.696. The molecule has 4 heteroatoms. The molecule has 21 heavy (non-hydrogen) atoms. The zero-order valence-electron chi connectivity index (χ0n) is 11.0. The molecule has 0 aliphatic carbocycles. The van der Waals surface area contributed by atoms with E-state index >= 15 is 0 Å². The van der Waals surface area contributed by atoms with E-state index in [2.05, 4.69) is 11.4 Å². The van der Waals surface area contributed by atoms with Gasteiger partial charge in [0, 0.05) is 10.4 Å². The normalized spacial score (nSPS) is 10.3. The lowest BCUT2D eigenvalue weighted by Gasteiger charge is -2.07. The summed E-state index contributed by atoms with van der Waals surface area (Å²) >= 11 is 7.71. The molecule has 0 spiro atoms. The number of hydrogen-bond acceptors (Lipinski definition) is 2. The zero-order valence-corrected chi connectivity index (χ0v) is 12.6. The number of benzene rings is 2. The predicted molar refractivity (Wildman–Crippen MR) is 89.2 cm³/mol. The fraction of sp³-hybridized carbons (Fsp3) is 0. The van der Waals surface area contributed by atoms with Crippen molar-refractivity contribution in [2.75, 3.05) is 5.32 Å². The van der Waals surface area contributed by atoms with Crippen LogP contribution in [0, 0.1) is 0 Å². The Bertz CT molecular complexity index is 751. The van der Waals surface area contributed by atoms with Crippen molar-refractivity contribution < 1.29 is 4.79 Å². The van der Waals surface area contributed by atoms with Crippen molar-refractivity contribution in [2.45, 2.75) is 0 Å². The van der Waals surface area contributed by atoms with Crippen LogP contribution in [0.15, 0.2) is 66.0 Å². The molecule has 0 fully saturated rings. The van der Waals surface area contributed by atoms with Gasteiger partial charge >= 0.3 is 0 Å². The minimum Gasteiger partial charge on any atom is -0.321 e. The van der Waals surface area contributed by atoms with Gasteiger partial charge in [0.2, 0.25) is 0 Å². The summed E-state index contributed by atoms with van der Waals surface area (Å²) in [6, 6.07) is 18.8. The number of para-hydroxylation sites is 1. The molecule has 2 nitrogen and oxygen atoms in total. The van der Waals surface area contributed by atoms with Crippen LogP contribution in [0.25, 0.3) is 10.4 Å². The van der Waals surface area contributed by atoms with Gasteiger partial charge in [0.15, 0.2) is 0 Å². The minimum absolute atomic E-state index is 0.166. The smallest absolute Gasteiger partial charge is 0.255 e. The topological polar surface area (TPSA) is 29.1 Å². The Morgan fingerprint density at radius 1 is 0.952 bits per heavy atom. The van der Waals surface area contributed by atoms with Gasteiger partial charge in [-0.25, -0.2) is 0 Å². The summed E-state index contributed by atoms with van der Waals surface area (Å²) in [7, 11) is 0. The monoisotopic (exact) mass is 313 g/mol. The van der Waals surface area contributed by atoms with Crippen LogP contribution in [-0.2, 0) is 0 Å². The van der Waals surface area contributed by atoms with Crippen LogP contribution in [0.5, 0.6) is 0 Å². The van der Waals surface area contributed by atoms with Crippen molar-refractivity contribution in [2.24, 2.45) is 0 Å². The van der Waals surface area contributed by atoms with E-state index in [1.165, 1.54) is 4.88 Å². The molecular weight excluding hydrogens is 302 g/mol. The molecule has 2 aromatic carbocycles. The van der Waals surface area contributed by atoms with E-state index in [1.807, 2.05) is 47.8 Å². The number of carbonyl (C=O) groups excluding carboxylic acids is 1. The molecule has 0 radical (unpaired) electrons. The summed E-state index contributed by atoms with van der Waals surface area (Å²) in [6.45, 7) is 0. The summed E-state index contributed by atoms with van der Waals surface area (Å²) in [5.41, 5.74) is 2.33. The van der Waals surface area contributed by atoms with Crippen molar-refractivity contribution in [3.63, 3.8) is 0 Å². The maximum Gasteiger partial charge on any atom is 0.255 e. The van der Waals surface area contributed by atoms with Crippen LogP contribution in [0.2, 0.25) is 5.02 Å². The van der Waals surface area contributed by atoms with Gasteiger partial charge in [-0.2, -0.15) is 0 Å². The van der Waals surface area contributed by atoms with Crippen molar-refractivity contribution in [1.82, 2.24) is 0 Å². The maximum absolute atomic E-state index is 12.2. The predicted octanol–water partition coefficient (Wildman–Crippen LogP) is 5.32. The number of hydrogen-bond donors (Lipinski definition) is 1. The number of anilines is 1. The molecule has 0 saturated carbocycles. The first-order valence-corrected chi connectivity index (χ1v) is 7.69. The second-order valence-electron chi connectivity index (χ2n) is 4.49. The molecule has 3 rings (SSSR count). The third-order valence-corrected chi connectivity index (χ3v) is 4.32. The Hall–Kier alpha value is -2.10. The first kappa shape index (κ1) is 13.9. The molecule has 1 amide bonds. The Balaban J connectivity index is 1.78. The molecule has 0 saturated heterocycles. The standard InChI is InChI=1S/C17H12ClNOS/c18-14-4-1-2-5-15(14)19-17(20)13-9-7-12(8-10-13)16-6-3-11-21-16/h1-11H,(H,19,20). The van der Waals surface area contributed by atoms with E-state index < -0.39 is 0 Å². The Morgan fingerprint density at radius 2 is 1.71 bits per heavy atom.